The highest BCUT2D eigenvalue weighted by Crippen LogP contribution is 2.25. The molecular weight excluding hydrogens is 302 g/mol. The van der Waals surface area contributed by atoms with Crippen molar-refractivity contribution in [3.05, 3.63) is 57.6 Å². The third-order valence-electron chi connectivity index (χ3n) is 3.09. The van der Waals surface area contributed by atoms with E-state index in [9.17, 15) is 0 Å². The first kappa shape index (κ1) is 13.9. The quantitative estimate of drug-likeness (QED) is 0.883. The Morgan fingerprint density at radius 1 is 1.05 bits per heavy atom. The number of hydrogen-bond acceptors (Lipinski definition) is 2. The van der Waals surface area contributed by atoms with E-state index in [1.807, 2.05) is 12.1 Å². The van der Waals surface area contributed by atoms with Crippen molar-refractivity contribution >= 4 is 21.6 Å². The molecule has 0 amide bonds. The van der Waals surface area contributed by atoms with Gasteiger partial charge in [-0.2, -0.15) is 0 Å². The Balaban J connectivity index is 2.05. The molecule has 0 aliphatic rings. The van der Waals surface area contributed by atoms with Crippen LogP contribution >= 0.6 is 15.9 Å². The van der Waals surface area contributed by atoms with E-state index in [-0.39, 0.29) is 0 Å². The molecule has 3 heteroatoms. The maximum atomic E-state index is 5.15. The Bertz CT molecular complexity index is 540. The van der Waals surface area contributed by atoms with Gasteiger partial charge in [-0.3, -0.25) is 0 Å². The normalized spacial score (nSPS) is 10.3. The fourth-order valence-corrected chi connectivity index (χ4v) is 2.22. The second-order valence-electron chi connectivity index (χ2n) is 4.63. The standard InChI is InChI=1S/C16H18BrNO/c1-11-8-14(9-12(2)16(11)17)18-10-13-4-6-15(19-3)7-5-13/h4-9,18H,10H2,1-3H3. The molecule has 1 N–H and O–H groups in total. The predicted molar refractivity (Wildman–Crippen MR) is 83.9 cm³/mol. The van der Waals surface area contributed by atoms with Crippen LogP contribution in [0.2, 0.25) is 0 Å². The van der Waals surface area contributed by atoms with Crippen molar-refractivity contribution in [1.82, 2.24) is 0 Å². The highest BCUT2D eigenvalue weighted by molar-refractivity contribution is 9.10. The summed E-state index contributed by atoms with van der Waals surface area (Å²) in [6.07, 6.45) is 0. The van der Waals surface area contributed by atoms with Crippen LogP contribution in [0.25, 0.3) is 0 Å². The summed E-state index contributed by atoms with van der Waals surface area (Å²) in [5.41, 5.74) is 4.88. The molecule has 100 valence electrons. The van der Waals surface area contributed by atoms with Crippen LogP contribution in [-0.2, 0) is 6.54 Å². The lowest BCUT2D eigenvalue weighted by molar-refractivity contribution is 0.414. The van der Waals surface area contributed by atoms with Gasteiger partial charge in [0.1, 0.15) is 5.75 Å². The zero-order valence-corrected chi connectivity index (χ0v) is 13.0. The van der Waals surface area contributed by atoms with E-state index in [2.05, 4.69) is 59.4 Å². The molecule has 2 rings (SSSR count). The van der Waals surface area contributed by atoms with Crippen LogP contribution in [0.1, 0.15) is 16.7 Å². The second-order valence-corrected chi connectivity index (χ2v) is 5.42. The summed E-state index contributed by atoms with van der Waals surface area (Å²) in [6, 6.07) is 12.4. The van der Waals surface area contributed by atoms with E-state index in [4.69, 9.17) is 4.74 Å². The predicted octanol–water partition coefficient (Wildman–Crippen LogP) is 4.69. The van der Waals surface area contributed by atoms with Gasteiger partial charge >= 0.3 is 0 Å². The van der Waals surface area contributed by atoms with Gasteiger partial charge in [0.25, 0.3) is 0 Å². The van der Waals surface area contributed by atoms with E-state index in [1.54, 1.807) is 7.11 Å². The van der Waals surface area contributed by atoms with Crippen LogP contribution in [0.5, 0.6) is 5.75 Å². The van der Waals surface area contributed by atoms with Gasteiger partial charge in [-0.1, -0.05) is 28.1 Å². The monoisotopic (exact) mass is 319 g/mol. The Labute approximate surface area is 122 Å². The van der Waals surface area contributed by atoms with Crippen molar-refractivity contribution in [2.45, 2.75) is 20.4 Å². The summed E-state index contributed by atoms with van der Waals surface area (Å²) in [5, 5.41) is 3.45. The smallest absolute Gasteiger partial charge is 0.118 e. The zero-order chi connectivity index (χ0) is 13.8. The molecule has 0 unspecified atom stereocenters. The Hall–Kier alpha value is -1.48. The summed E-state index contributed by atoms with van der Waals surface area (Å²) in [6.45, 7) is 5.02. The van der Waals surface area contributed by atoms with Crippen LogP contribution < -0.4 is 10.1 Å². The molecule has 0 radical (unpaired) electrons. The topological polar surface area (TPSA) is 21.3 Å². The highest BCUT2D eigenvalue weighted by atomic mass is 79.9. The molecule has 0 saturated heterocycles. The number of nitrogens with one attached hydrogen (secondary N) is 1. The summed E-state index contributed by atoms with van der Waals surface area (Å²) in [7, 11) is 1.68. The third-order valence-corrected chi connectivity index (χ3v) is 4.34. The first-order chi connectivity index (χ1) is 9.10. The van der Waals surface area contributed by atoms with Crippen LogP contribution in [0, 0.1) is 13.8 Å². The lowest BCUT2D eigenvalue weighted by Gasteiger charge is -2.11. The number of rotatable bonds is 4. The number of halogens is 1. The molecule has 0 aromatic heterocycles. The molecule has 0 fully saturated rings. The first-order valence-corrected chi connectivity index (χ1v) is 7.03. The van der Waals surface area contributed by atoms with E-state index in [0.29, 0.717) is 0 Å². The third kappa shape index (κ3) is 3.51. The molecule has 2 nitrogen and oxygen atoms in total. The van der Waals surface area contributed by atoms with Gasteiger partial charge in [0, 0.05) is 16.7 Å². The Morgan fingerprint density at radius 2 is 1.63 bits per heavy atom. The summed E-state index contributed by atoms with van der Waals surface area (Å²) < 4.78 is 6.33. The van der Waals surface area contributed by atoms with Crippen LogP contribution in [0.15, 0.2) is 40.9 Å². The highest BCUT2D eigenvalue weighted by Gasteiger charge is 2.02. The molecule has 0 atom stereocenters. The fourth-order valence-electron chi connectivity index (χ4n) is 2.00. The van der Waals surface area contributed by atoms with Crippen molar-refractivity contribution in [2.24, 2.45) is 0 Å². The van der Waals surface area contributed by atoms with E-state index in [0.717, 1.165) is 18.0 Å². The lowest BCUT2D eigenvalue weighted by atomic mass is 10.1. The average molecular weight is 320 g/mol. The Morgan fingerprint density at radius 3 is 2.16 bits per heavy atom. The molecule has 0 aliphatic carbocycles. The summed E-state index contributed by atoms with van der Waals surface area (Å²) in [4.78, 5) is 0. The van der Waals surface area contributed by atoms with Gasteiger partial charge in [-0.05, 0) is 54.8 Å². The van der Waals surface area contributed by atoms with Crippen molar-refractivity contribution in [1.29, 1.82) is 0 Å². The minimum atomic E-state index is 0.810. The minimum Gasteiger partial charge on any atom is -0.497 e. The van der Waals surface area contributed by atoms with Crippen LogP contribution in [-0.4, -0.2) is 7.11 Å². The fraction of sp³-hybridized carbons (Fsp3) is 0.250. The maximum Gasteiger partial charge on any atom is 0.118 e. The van der Waals surface area contributed by atoms with Gasteiger partial charge in [0.2, 0.25) is 0 Å². The maximum absolute atomic E-state index is 5.15. The van der Waals surface area contributed by atoms with E-state index >= 15 is 0 Å². The molecule has 2 aromatic carbocycles. The largest absolute Gasteiger partial charge is 0.497 e. The molecule has 0 saturated carbocycles. The molecule has 0 bridgehead atoms. The zero-order valence-electron chi connectivity index (χ0n) is 11.5. The lowest BCUT2D eigenvalue weighted by Crippen LogP contribution is -2.00. The van der Waals surface area contributed by atoms with Gasteiger partial charge in [-0.25, -0.2) is 0 Å². The molecule has 19 heavy (non-hydrogen) atoms. The van der Waals surface area contributed by atoms with Gasteiger partial charge in [0.05, 0.1) is 7.11 Å². The van der Waals surface area contributed by atoms with E-state index in [1.165, 1.54) is 21.2 Å². The van der Waals surface area contributed by atoms with E-state index < -0.39 is 0 Å². The summed E-state index contributed by atoms with van der Waals surface area (Å²) in [5.74, 6) is 0.888. The Kier molecular flexibility index (Phi) is 4.48. The molecule has 2 aromatic rings. The molecule has 0 spiro atoms. The second kappa shape index (κ2) is 6.11. The molecule has 0 heterocycles. The molecule has 0 aliphatic heterocycles. The number of anilines is 1. The number of ether oxygens (including phenoxy) is 1. The van der Waals surface area contributed by atoms with Crippen molar-refractivity contribution in [3.8, 4) is 5.75 Å². The van der Waals surface area contributed by atoms with Crippen LogP contribution in [0.3, 0.4) is 0 Å². The molecular formula is C16H18BrNO. The number of benzene rings is 2. The summed E-state index contributed by atoms with van der Waals surface area (Å²) >= 11 is 3.58. The van der Waals surface area contributed by atoms with Crippen molar-refractivity contribution in [3.63, 3.8) is 0 Å². The van der Waals surface area contributed by atoms with Gasteiger partial charge in [0.15, 0.2) is 0 Å². The number of aryl methyl sites for hydroxylation is 2. The average Bonchev–Trinajstić information content (AvgIpc) is 2.43. The number of hydrogen-bond donors (Lipinski definition) is 1. The van der Waals surface area contributed by atoms with Crippen molar-refractivity contribution in [2.75, 3.05) is 12.4 Å². The van der Waals surface area contributed by atoms with Gasteiger partial charge < -0.3 is 10.1 Å². The number of methoxy groups -OCH3 is 1. The van der Waals surface area contributed by atoms with Crippen LogP contribution in [0.4, 0.5) is 5.69 Å². The SMILES string of the molecule is COc1ccc(CNc2cc(C)c(Br)c(C)c2)cc1. The minimum absolute atomic E-state index is 0.810. The van der Waals surface area contributed by atoms with Gasteiger partial charge in [-0.15, -0.1) is 0 Å². The van der Waals surface area contributed by atoms with Crippen molar-refractivity contribution < 1.29 is 4.74 Å². The first-order valence-electron chi connectivity index (χ1n) is 6.23.